The molecule has 19 heavy (non-hydrogen) atoms. The zero-order chi connectivity index (χ0) is 13.7. The molecule has 2 aromatic rings. The van der Waals surface area contributed by atoms with Crippen LogP contribution in [-0.2, 0) is 6.54 Å². The van der Waals surface area contributed by atoms with Gasteiger partial charge in [-0.3, -0.25) is 0 Å². The standard InChI is InChI=1S/C13H20N6/c1-10(14)6-16-12-5-13(18-9-17-12)19(2)8-11-3-4-15-7-11/h3-5,7,9-10,15H,6,8,14H2,1-2H3,(H,16,17,18). The number of H-pyrrole nitrogens is 1. The molecule has 0 radical (unpaired) electrons. The lowest BCUT2D eigenvalue weighted by molar-refractivity contribution is 0.776. The van der Waals surface area contributed by atoms with Crippen molar-refractivity contribution in [3.63, 3.8) is 0 Å². The lowest BCUT2D eigenvalue weighted by atomic mass is 10.3. The van der Waals surface area contributed by atoms with Gasteiger partial charge < -0.3 is 20.9 Å². The van der Waals surface area contributed by atoms with Gasteiger partial charge in [0.25, 0.3) is 0 Å². The second kappa shape index (κ2) is 6.19. The molecule has 4 N–H and O–H groups in total. The Hall–Kier alpha value is -2.08. The van der Waals surface area contributed by atoms with E-state index in [0.717, 1.165) is 18.2 Å². The first-order chi connectivity index (χ1) is 9.15. The average Bonchev–Trinajstić information content (AvgIpc) is 2.89. The molecule has 0 aliphatic carbocycles. The summed E-state index contributed by atoms with van der Waals surface area (Å²) in [4.78, 5) is 13.6. The van der Waals surface area contributed by atoms with Gasteiger partial charge in [-0.1, -0.05) is 0 Å². The number of nitrogens with two attached hydrogens (primary N) is 1. The largest absolute Gasteiger partial charge is 0.368 e. The molecule has 0 spiro atoms. The van der Waals surface area contributed by atoms with Gasteiger partial charge in [0.2, 0.25) is 0 Å². The van der Waals surface area contributed by atoms with Gasteiger partial charge in [-0.15, -0.1) is 0 Å². The highest BCUT2D eigenvalue weighted by atomic mass is 15.2. The van der Waals surface area contributed by atoms with Crippen LogP contribution in [0.25, 0.3) is 0 Å². The summed E-state index contributed by atoms with van der Waals surface area (Å²) in [5.74, 6) is 1.67. The van der Waals surface area contributed by atoms with Crippen molar-refractivity contribution in [3.8, 4) is 0 Å². The fourth-order valence-electron chi connectivity index (χ4n) is 1.73. The van der Waals surface area contributed by atoms with E-state index in [1.165, 1.54) is 5.56 Å². The smallest absolute Gasteiger partial charge is 0.134 e. The molecule has 1 unspecified atom stereocenters. The van der Waals surface area contributed by atoms with E-state index < -0.39 is 0 Å². The minimum Gasteiger partial charge on any atom is -0.368 e. The Bertz CT molecular complexity index is 494. The molecule has 0 bridgehead atoms. The summed E-state index contributed by atoms with van der Waals surface area (Å²) < 4.78 is 0. The number of nitrogens with zero attached hydrogens (tertiary/aromatic N) is 3. The molecule has 1 atom stereocenters. The lowest BCUT2D eigenvalue weighted by Crippen LogP contribution is -2.25. The number of hydrogen-bond donors (Lipinski definition) is 3. The van der Waals surface area contributed by atoms with Crippen LogP contribution in [0.5, 0.6) is 0 Å². The summed E-state index contributed by atoms with van der Waals surface area (Å²) in [6.45, 7) is 3.44. The van der Waals surface area contributed by atoms with E-state index in [1.54, 1.807) is 6.33 Å². The van der Waals surface area contributed by atoms with Crippen molar-refractivity contribution in [2.75, 3.05) is 23.8 Å². The van der Waals surface area contributed by atoms with Crippen LogP contribution >= 0.6 is 0 Å². The first-order valence-electron chi connectivity index (χ1n) is 6.29. The monoisotopic (exact) mass is 260 g/mol. The fourth-order valence-corrected chi connectivity index (χ4v) is 1.73. The lowest BCUT2D eigenvalue weighted by Gasteiger charge is -2.18. The van der Waals surface area contributed by atoms with Crippen LogP contribution in [0.2, 0.25) is 0 Å². The Labute approximate surface area is 113 Å². The third kappa shape index (κ3) is 3.96. The highest BCUT2D eigenvalue weighted by molar-refractivity contribution is 5.48. The predicted molar refractivity (Wildman–Crippen MR) is 77.1 cm³/mol. The van der Waals surface area contributed by atoms with Gasteiger partial charge in [0.15, 0.2) is 0 Å². The zero-order valence-electron chi connectivity index (χ0n) is 11.3. The maximum absolute atomic E-state index is 5.71. The molecular weight excluding hydrogens is 240 g/mol. The number of aromatic nitrogens is 3. The average molecular weight is 260 g/mol. The molecule has 0 aromatic carbocycles. The minimum atomic E-state index is 0.0935. The molecular formula is C13H20N6. The topological polar surface area (TPSA) is 82.9 Å². The van der Waals surface area contributed by atoms with E-state index in [-0.39, 0.29) is 6.04 Å². The van der Waals surface area contributed by atoms with E-state index in [4.69, 9.17) is 5.73 Å². The Morgan fingerprint density at radius 2 is 2.32 bits per heavy atom. The number of hydrogen-bond acceptors (Lipinski definition) is 5. The van der Waals surface area contributed by atoms with Gasteiger partial charge in [-0.25, -0.2) is 9.97 Å². The van der Waals surface area contributed by atoms with E-state index in [1.807, 2.05) is 38.5 Å². The minimum absolute atomic E-state index is 0.0935. The van der Waals surface area contributed by atoms with Gasteiger partial charge >= 0.3 is 0 Å². The van der Waals surface area contributed by atoms with E-state index in [0.29, 0.717) is 6.54 Å². The Balaban J connectivity index is 2.01. The van der Waals surface area contributed by atoms with Crippen LogP contribution in [0, 0.1) is 0 Å². The van der Waals surface area contributed by atoms with Gasteiger partial charge in [0, 0.05) is 44.6 Å². The quantitative estimate of drug-likeness (QED) is 0.727. The maximum Gasteiger partial charge on any atom is 0.134 e. The molecule has 6 nitrogen and oxygen atoms in total. The van der Waals surface area contributed by atoms with Crippen LogP contribution in [0.3, 0.4) is 0 Å². The van der Waals surface area contributed by atoms with Gasteiger partial charge in [0.1, 0.15) is 18.0 Å². The van der Waals surface area contributed by atoms with Crippen LogP contribution in [-0.4, -0.2) is 34.6 Å². The van der Waals surface area contributed by atoms with Gasteiger partial charge in [-0.05, 0) is 18.6 Å². The Kier molecular flexibility index (Phi) is 4.35. The second-order valence-electron chi connectivity index (χ2n) is 4.69. The van der Waals surface area contributed by atoms with Crippen molar-refractivity contribution in [3.05, 3.63) is 36.4 Å². The van der Waals surface area contributed by atoms with Gasteiger partial charge in [0.05, 0.1) is 0 Å². The van der Waals surface area contributed by atoms with E-state index >= 15 is 0 Å². The van der Waals surface area contributed by atoms with Crippen molar-refractivity contribution >= 4 is 11.6 Å². The molecule has 0 aliphatic heterocycles. The highest BCUT2D eigenvalue weighted by Crippen LogP contribution is 2.15. The Morgan fingerprint density at radius 3 is 3.00 bits per heavy atom. The molecule has 0 fully saturated rings. The number of anilines is 2. The molecule has 0 saturated heterocycles. The van der Waals surface area contributed by atoms with Crippen LogP contribution in [0.15, 0.2) is 30.9 Å². The van der Waals surface area contributed by atoms with Crippen molar-refractivity contribution in [2.45, 2.75) is 19.5 Å². The molecule has 0 aliphatic rings. The summed E-state index contributed by atoms with van der Waals surface area (Å²) in [7, 11) is 2.00. The molecule has 2 aromatic heterocycles. The summed E-state index contributed by atoms with van der Waals surface area (Å²) in [6, 6.07) is 4.07. The molecule has 2 rings (SSSR count). The normalized spacial score (nSPS) is 12.2. The first-order valence-corrected chi connectivity index (χ1v) is 6.29. The second-order valence-corrected chi connectivity index (χ2v) is 4.69. The molecule has 102 valence electrons. The summed E-state index contributed by atoms with van der Waals surface area (Å²) in [6.07, 6.45) is 5.46. The van der Waals surface area contributed by atoms with Crippen LogP contribution in [0.1, 0.15) is 12.5 Å². The third-order valence-corrected chi connectivity index (χ3v) is 2.73. The predicted octanol–water partition coefficient (Wildman–Crippen LogP) is 1.20. The number of nitrogens with one attached hydrogen (secondary N) is 2. The van der Waals surface area contributed by atoms with Crippen LogP contribution < -0.4 is 16.0 Å². The third-order valence-electron chi connectivity index (χ3n) is 2.73. The molecule has 6 heteroatoms. The number of rotatable bonds is 6. The molecule has 0 amide bonds. The van der Waals surface area contributed by atoms with Gasteiger partial charge in [-0.2, -0.15) is 0 Å². The summed E-state index contributed by atoms with van der Waals surface area (Å²) in [5, 5.41) is 3.19. The fraction of sp³-hybridized carbons (Fsp3) is 0.385. The Morgan fingerprint density at radius 1 is 1.47 bits per heavy atom. The van der Waals surface area contributed by atoms with Crippen molar-refractivity contribution < 1.29 is 0 Å². The van der Waals surface area contributed by atoms with Crippen molar-refractivity contribution in [2.24, 2.45) is 5.73 Å². The first kappa shape index (κ1) is 13.4. The van der Waals surface area contributed by atoms with Crippen molar-refractivity contribution in [1.82, 2.24) is 15.0 Å². The van der Waals surface area contributed by atoms with E-state index in [2.05, 4.69) is 25.2 Å². The van der Waals surface area contributed by atoms with Crippen molar-refractivity contribution in [1.29, 1.82) is 0 Å². The SMILES string of the molecule is CC(N)CNc1cc(N(C)Cc2cc[nH]c2)ncn1. The zero-order valence-corrected chi connectivity index (χ0v) is 11.3. The maximum atomic E-state index is 5.71. The van der Waals surface area contributed by atoms with E-state index in [9.17, 15) is 0 Å². The summed E-state index contributed by atoms with van der Waals surface area (Å²) in [5.41, 5.74) is 6.92. The highest BCUT2D eigenvalue weighted by Gasteiger charge is 2.06. The molecule has 0 saturated carbocycles. The number of aromatic amines is 1. The molecule has 2 heterocycles. The van der Waals surface area contributed by atoms with Crippen LogP contribution in [0.4, 0.5) is 11.6 Å². The summed E-state index contributed by atoms with van der Waals surface area (Å²) >= 11 is 0.